The molecule has 1 N–H and O–H groups in total. The Morgan fingerprint density at radius 1 is 1.48 bits per heavy atom. The van der Waals surface area contributed by atoms with Crippen molar-refractivity contribution in [2.24, 2.45) is 0 Å². The third-order valence-corrected chi connectivity index (χ3v) is 5.19. The molecule has 0 aliphatic carbocycles. The minimum Gasteiger partial charge on any atom is -0.352 e. The van der Waals surface area contributed by atoms with Crippen LogP contribution in [0.25, 0.3) is 10.2 Å². The van der Waals surface area contributed by atoms with E-state index in [0.717, 1.165) is 22.5 Å². The molecule has 21 heavy (non-hydrogen) atoms. The van der Waals surface area contributed by atoms with Crippen LogP contribution in [0.2, 0.25) is 5.28 Å². The first kappa shape index (κ1) is 14.5. The molecule has 2 aromatic rings. The van der Waals surface area contributed by atoms with Crippen molar-refractivity contribution in [1.82, 2.24) is 15.3 Å². The predicted molar refractivity (Wildman–Crippen MR) is 86.2 cm³/mol. The standard InChI is InChI=1S/C14H17ClN4OS/c1-4-8-7-9-10(17-13(15)18-11(9)21-8)19-6-5-16-12(20)14(19,2)3/h7H,4-6H2,1-3H3,(H,16,20). The molecule has 0 radical (unpaired) electrons. The SMILES string of the molecule is CCc1cc2c(N3CCNC(=O)C3(C)C)nc(Cl)nc2s1. The minimum atomic E-state index is -0.656. The maximum absolute atomic E-state index is 12.2. The molecule has 1 amide bonds. The van der Waals surface area contributed by atoms with E-state index in [1.165, 1.54) is 4.88 Å². The number of carbonyl (C=O) groups excluding carboxylic acids is 1. The zero-order valence-corrected chi connectivity index (χ0v) is 13.8. The number of aryl methyl sites for hydroxylation is 1. The zero-order chi connectivity index (χ0) is 15.2. The maximum atomic E-state index is 12.2. The van der Waals surface area contributed by atoms with Crippen molar-refractivity contribution in [3.63, 3.8) is 0 Å². The molecule has 1 aliphatic rings. The number of nitrogens with zero attached hydrogens (tertiary/aromatic N) is 3. The second-order valence-electron chi connectivity index (χ2n) is 5.57. The Labute approximate surface area is 132 Å². The van der Waals surface area contributed by atoms with Crippen molar-refractivity contribution in [2.45, 2.75) is 32.7 Å². The summed E-state index contributed by atoms with van der Waals surface area (Å²) in [5, 5.41) is 4.10. The van der Waals surface area contributed by atoms with Gasteiger partial charge in [-0.1, -0.05) is 6.92 Å². The molecule has 0 bridgehead atoms. The quantitative estimate of drug-likeness (QED) is 0.863. The third-order valence-electron chi connectivity index (χ3n) is 3.85. The van der Waals surface area contributed by atoms with Gasteiger partial charge in [0.25, 0.3) is 0 Å². The summed E-state index contributed by atoms with van der Waals surface area (Å²) >= 11 is 7.71. The van der Waals surface area contributed by atoms with Crippen molar-refractivity contribution in [3.05, 3.63) is 16.2 Å². The highest BCUT2D eigenvalue weighted by Gasteiger charge is 2.39. The molecule has 3 heterocycles. The molecule has 7 heteroatoms. The van der Waals surface area contributed by atoms with Crippen LogP contribution < -0.4 is 10.2 Å². The first-order chi connectivity index (χ1) is 9.93. The van der Waals surface area contributed by atoms with Crippen LogP contribution in [-0.4, -0.2) is 34.5 Å². The van der Waals surface area contributed by atoms with Gasteiger partial charge in [-0.15, -0.1) is 11.3 Å². The lowest BCUT2D eigenvalue weighted by molar-refractivity contribution is -0.126. The first-order valence-electron chi connectivity index (χ1n) is 6.95. The molecule has 1 fully saturated rings. The van der Waals surface area contributed by atoms with Crippen LogP contribution in [0.1, 0.15) is 25.6 Å². The van der Waals surface area contributed by atoms with Crippen LogP contribution in [0, 0.1) is 0 Å². The smallest absolute Gasteiger partial charge is 0.245 e. The fraction of sp³-hybridized carbons (Fsp3) is 0.500. The summed E-state index contributed by atoms with van der Waals surface area (Å²) < 4.78 is 0. The van der Waals surface area contributed by atoms with Gasteiger partial charge in [0.2, 0.25) is 11.2 Å². The van der Waals surface area contributed by atoms with E-state index >= 15 is 0 Å². The Hall–Kier alpha value is -1.40. The fourth-order valence-corrected chi connectivity index (χ4v) is 3.76. The molecular weight excluding hydrogens is 308 g/mol. The van der Waals surface area contributed by atoms with Crippen LogP contribution in [0.4, 0.5) is 5.82 Å². The second-order valence-corrected chi connectivity index (χ2v) is 7.02. The van der Waals surface area contributed by atoms with Crippen LogP contribution in [0.5, 0.6) is 0 Å². The zero-order valence-electron chi connectivity index (χ0n) is 12.2. The Balaban J connectivity index is 2.19. The molecule has 112 valence electrons. The van der Waals surface area contributed by atoms with Crippen molar-refractivity contribution >= 4 is 44.9 Å². The highest BCUT2D eigenvalue weighted by Crippen LogP contribution is 2.35. The fourth-order valence-electron chi connectivity index (χ4n) is 2.58. The van der Waals surface area contributed by atoms with Gasteiger partial charge in [-0.05, 0) is 37.9 Å². The maximum Gasteiger partial charge on any atom is 0.245 e. The Morgan fingerprint density at radius 2 is 2.24 bits per heavy atom. The number of fused-ring (bicyclic) bond motifs is 1. The molecule has 0 atom stereocenters. The van der Waals surface area contributed by atoms with Gasteiger partial charge in [0.15, 0.2) is 0 Å². The van der Waals surface area contributed by atoms with Gasteiger partial charge >= 0.3 is 0 Å². The molecule has 0 spiro atoms. The number of thiophene rings is 1. The molecule has 0 saturated carbocycles. The Kier molecular flexibility index (Phi) is 3.53. The summed E-state index contributed by atoms with van der Waals surface area (Å²) in [5.74, 6) is 0.753. The lowest BCUT2D eigenvalue weighted by Crippen LogP contribution is -2.62. The molecule has 2 aromatic heterocycles. The van der Waals surface area contributed by atoms with Crippen molar-refractivity contribution in [2.75, 3.05) is 18.0 Å². The van der Waals surface area contributed by atoms with Gasteiger partial charge in [-0.3, -0.25) is 4.79 Å². The van der Waals surface area contributed by atoms with E-state index in [1.54, 1.807) is 11.3 Å². The number of anilines is 1. The van der Waals surface area contributed by atoms with Crippen molar-refractivity contribution in [3.8, 4) is 0 Å². The number of piperazine rings is 1. The minimum absolute atomic E-state index is 0.00239. The molecule has 0 unspecified atom stereocenters. The Morgan fingerprint density at radius 3 is 2.95 bits per heavy atom. The highest BCUT2D eigenvalue weighted by atomic mass is 35.5. The molecule has 5 nitrogen and oxygen atoms in total. The average Bonchev–Trinajstić information content (AvgIpc) is 2.84. The van der Waals surface area contributed by atoms with E-state index in [4.69, 9.17) is 11.6 Å². The van der Waals surface area contributed by atoms with Crippen molar-refractivity contribution in [1.29, 1.82) is 0 Å². The van der Waals surface area contributed by atoms with Gasteiger partial charge in [0.1, 0.15) is 16.2 Å². The summed E-state index contributed by atoms with van der Waals surface area (Å²) in [5.41, 5.74) is -0.656. The number of amides is 1. The van der Waals surface area contributed by atoms with E-state index in [1.807, 2.05) is 18.7 Å². The lowest BCUT2D eigenvalue weighted by Gasteiger charge is -2.42. The summed E-state index contributed by atoms with van der Waals surface area (Å²) in [4.78, 5) is 25.0. The van der Waals surface area contributed by atoms with E-state index in [-0.39, 0.29) is 11.2 Å². The third kappa shape index (κ3) is 2.36. The van der Waals surface area contributed by atoms with E-state index in [2.05, 4.69) is 28.3 Å². The lowest BCUT2D eigenvalue weighted by atomic mass is 9.98. The summed E-state index contributed by atoms with van der Waals surface area (Å²) in [6.07, 6.45) is 0.946. The number of nitrogens with one attached hydrogen (secondary N) is 1. The monoisotopic (exact) mass is 324 g/mol. The van der Waals surface area contributed by atoms with Crippen LogP contribution in [-0.2, 0) is 11.2 Å². The van der Waals surface area contributed by atoms with Gasteiger partial charge in [-0.2, -0.15) is 4.98 Å². The molecule has 1 saturated heterocycles. The van der Waals surface area contributed by atoms with Gasteiger partial charge < -0.3 is 10.2 Å². The molecule has 3 rings (SSSR count). The van der Waals surface area contributed by atoms with Crippen molar-refractivity contribution < 1.29 is 4.79 Å². The summed E-state index contributed by atoms with van der Waals surface area (Å²) in [7, 11) is 0. The molecular formula is C14H17ClN4OS. The number of aromatic nitrogens is 2. The topological polar surface area (TPSA) is 58.1 Å². The normalized spacial score (nSPS) is 18.1. The van der Waals surface area contributed by atoms with Crippen LogP contribution in [0.3, 0.4) is 0 Å². The van der Waals surface area contributed by atoms with Gasteiger partial charge in [0, 0.05) is 18.0 Å². The first-order valence-corrected chi connectivity index (χ1v) is 8.15. The van der Waals surface area contributed by atoms with Crippen LogP contribution >= 0.6 is 22.9 Å². The Bertz CT molecular complexity index is 712. The van der Waals surface area contributed by atoms with Crippen LogP contribution in [0.15, 0.2) is 6.07 Å². The van der Waals surface area contributed by atoms with Gasteiger partial charge in [0.05, 0.1) is 5.39 Å². The molecule has 0 aromatic carbocycles. The number of halogens is 1. The number of hydrogen-bond donors (Lipinski definition) is 1. The predicted octanol–water partition coefficient (Wildman–Crippen LogP) is 2.62. The summed E-state index contributed by atoms with van der Waals surface area (Å²) in [6.45, 7) is 7.22. The number of hydrogen-bond acceptors (Lipinski definition) is 5. The number of carbonyl (C=O) groups is 1. The van der Waals surface area contributed by atoms with E-state index in [0.29, 0.717) is 13.1 Å². The van der Waals surface area contributed by atoms with E-state index in [9.17, 15) is 4.79 Å². The average molecular weight is 325 g/mol. The highest BCUT2D eigenvalue weighted by molar-refractivity contribution is 7.18. The number of rotatable bonds is 2. The van der Waals surface area contributed by atoms with Gasteiger partial charge in [-0.25, -0.2) is 4.98 Å². The molecule has 1 aliphatic heterocycles. The second kappa shape index (κ2) is 5.10. The summed E-state index contributed by atoms with van der Waals surface area (Å²) in [6, 6.07) is 2.11. The largest absolute Gasteiger partial charge is 0.352 e. The van der Waals surface area contributed by atoms with E-state index < -0.39 is 5.54 Å².